The quantitative estimate of drug-likeness (QED) is 0.374. The molecule has 1 N–H and O–H groups in total. The number of H-pyrrole nitrogens is 1. The summed E-state index contributed by atoms with van der Waals surface area (Å²) in [5.41, 5.74) is 1.13. The summed E-state index contributed by atoms with van der Waals surface area (Å²) in [5, 5.41) is 0.304. The van der Waals surface area contributed by atoms with Crippen molar-refractivity contribution >= 4 is 22.3 Å². The average molecular weight is 473 g/mol. The van der Waals surface area contributed by atoms with E-state index in [1.54, 1.807) is 42.7 Å². The van der Waals surface area contributed by atoms with Crippen LogP contribution in [0.4, 0.5) is 20.2 Å². The van der Waals surface area contributed by atoms with Crippen molar-refractivity contribution in [3.05, 3.63) is 107 Å². The summed E-state index contributed by atoms with van der Waals surface area (Å²) in [5.74, 6) is -1.19. The van der Waals surface area contributed by atoms with E-state index in [0.29, 0.717) is 28.1 Å². The van der Waals surface area contributed by atoms with Crippen molar-refractivity contribution in [3.63, 3.8) is 0 Å². The number of hydrogen-bond donors (Lipinski definition) is 1. The summed E-state index contributed by atoms with van der Waals surface area (Å²) >= 11 is 0. The Hall–Kier alpha value is -4.53. The van der Waals surface area contributed by atoms with Gasteiger partial charge in [0.15, 0.2) is 17.4 Å². The van der Waals surface area contributed by atoms with Crippen LogP contribution in [0, 0.1) is 18.6 Å². The van der Waals surface area contributed by atoms with Gasteiger partial charge in [0.2, 0.25) is 0 Å². The number of benzene rings is 3. The number of halogens is 2. The van der Waals surface area contributed by atoms with Crippen molar-refractivity contribution in [2.45, 2.75) is 13.5 Å². The van der Waals surface area contributed by atoms with E-state index >= 15 is 8.78 Å². The van der Waals surface area contributed by atoms with Crippen molar-refractivity contribution < 1.29 is 13.5 Å². The molecule has 0 unspecified atom stereocenters. The molecule has 5 aromatic rings. The predicted molar refractivity (Wildman–Crippen MR) is 129 cm³/mol. The second kappa shape index (κ2) is 9.02. The van der Waals surface area contributed by atoms with Gasteiger partial charge in [0, 0.05) is 18.1 Å². The fourth-order valence-corrected chi connectivity index (χ4v) is 3.99. The minimum atomic E-state index is -0.852. The molecule has 3 aromatic carbocycles. The van der Waals surface area contributed by atoms with Crippen LogP contribution in [0.1, 0.15) is 11.4 Å². The number of ether oxygens (including phenoxy) is 1. The molecule has 0 spiro atoms. The molecule has 0 saturated heterocycles. The highest BCUT2D eigenvalue weighted by molar-refractivity contribution is 5.83. The van der Waals surface area contributed by atoms with E-state index in [1.807, 2.05) is 18.2 Å². The topological polar surface area (TPSA) is 76.0 Å². The lowest BCUT2D eigenvalue weighted by Gasteiger charge is -2.26. The van der Waals surface area contributed by atoms with Crippen LogP contribution >= 0.6 is 0 Å². The molecule has 7 nitrogen and oxygen atoms in total. The van der Waals surface area contributed by atoms with Gasteiger partial charge in [-0.1, -0.05) is 18.2 Å². The zero-order valence-corrected chi connectivity index (χ0v) is 19.0. The SMILES string of the molecule is COc1cc(C)c(F)c(N(Cc2ncc[nH]2)c2ccc3ncn(-c4ccccc4)c(=O)c3c2)c1F. The van der Waals surface area contributed by atoms with E-state index in [-0.39, 0.29) is 29.1 Å². The number of rotatable bonds is 6. The van der Waals surface area contributed by atoms with E-state index in [1.165, 1.54) is 35.9 Å². The zero-order valence-electron chi connectivity index (χ0n) is 19.0. The Bertz CT molecular complexity index is 1570. The third-order valence-electron chi connectivity index (χ3n) is 5.77. The number of methoxy groups -OCH3 is 1. The number of hydrogen-bond acceptors (Lipinski definition) is 5. The molecule has 0 fully saturated rings. The van der Waals surface area contributed by atoms with E-state index in [4.69, 9.17) is 4.74 Å². The van der Waals surface area contributed by atoms with E-state index in [0.717, 1.165) is 0 Å². The fraction of sp³-hybridized carbons (Fsp3) is 0.115. The lowest BCUT2D eigenvalue weighted by atomic mass is 10.1. The van der Waals surface area contributed by atoms with Gasteiger partial charge in [-0.15, -0.1) is 0 Å². The molecule has 0 aliphatic heterocycles. The first-order valence-electron chi connectivity index (χ1n) is 10.8. The van der Waals surface area contributed by atoms with Gasteiger partial charge < -0.3 is 14.6 Å². The first-order chi connectivity index (χ1) is 17.0. The molecular formula is C26H21F2N5O2. The lowest BCUT2D eigenvalue weighted by molar-refractivity contribution is 0.383. The van der Waals surface area contributed by atoms with Gasteiger partial charge in [-0.25, -0.2) is 18.7 Å². The lowest BCUT2D eigenvalue weighted by Crippen LogP contribution is -2.22. The summed E-state index contributed by atoms with van der Waals surface area (Å²) in [6.07, 6.45) is 4.64. The summed E-state index contributed by atoms with van der Waals surface area (Å²) in [6.45, 7) is 1.56. The van der Waals surface area contributed by atoms with Crippen molar-refractivity contribution in [2.75, 3.05) is 12.0 Å². The highest BCUT2D eigenvalue weighted by Gasteiger charge is 2.25. The van der Waals surface area contributed by atoms with Gasteiger partial charge in [0.05, 0.1) is 30.2 Å². The number of anilines is 2. The number of nitrogens with zero attached hydrogens (tertiary/aromatic N) is 4. The molecule has 176 valence electrons. The number of para-hydroxylation sites is 1. The summed E-state index contributed by atoms with van der Waals surface area (Å²) < 4.78 is 37.4. The van der Waals surface area contributed by atoms with Crippen LogP contribution in [0.15, 0.2) is 78.1 Å². The monoisotopic (exact) mass is 473 g/mol. The second-order valence-corrected chi connectivity index (χ2v) is 7.95. The zero-order chi connectivity index (χ0) is 24.5. The summed E-state index contributed by atoms with van der Waals surface area (Å²) in [7, 11) is 1.32. The molecule has 0 aliphatic carbocycles. The molecule has 35 heavy (non-hydrogen) atoms. The van der Waals surface area contributed by atoms with Crippen molar-refractivity contribution in [3.8, 4) is 11.4 Å². The maximum Gasteiger partial charge on any atom is 0.265 e. The van der Waals surface area contributed by atoms with Crippen LogP contribution < -0.4 is 15.2 Å². The van der Waals surface area contributed by atoms with Crippen LogP contribution in [0.5, 0.6) is 5.75 Å². The van der Waals surface area contributed by atoms with E-state index in [2.05, 4.69) is 15.0 Å². The van der Waals surface area contributed by atoms with Gasteiger partial charge in [0.1, 0.15) is 17.8 Å². The number of imidazole rings is 1. The van der Waals surface area contributed by atoms with Gasteiger partial charge in [-0.3, -0.25) is 9.36 Å². The van der Waals surface area contributed by atoms with Crippen LogP contribution in [0.25, 0.3) is 16.6 Å². The number of fused-ring (bicyclic) bond motifs is 1. The molecular weight excluding hydrogens is 452 g/mol. The third kappa shape index (κ3) is 4.01. The minimum Gasteiger partial charge on any atom is -0.494 e. The highest BCUT2D eigenvalue weighted by Crippen LogP contribution is 2.38. The number of nitrogens with one attached hydrogen (secondary N) is 1. The minimum absolute atomic E-state index is 0.0199. The molecule has 0 saturated carbocycles. The Morgan fingerprint density at radius 3 is 2.57 bits per heavy atom. The number of aromatic nitrogens is 4. The molecule has 0 atom stereocenters. The van der Waals surface area contributed by atoms with Crippen molar-refractivity contribution in [2.24, 2.45) is 0 Å². The smallest absolute Gasteiger partial charge is 0.265 e. The maximum atomic E-state index is 15.4. The van der Waals surface area contributed by atoms with Gasteiger partial charge in [-0.2, -0.15) is 0 Å². The summed E-state index contributed by atoms with van der Waals surface area (Å²) in [4.78, 5) is 26.4. The molecule has 0 radical (unpaired) electrons. The molecule has 5 rings (SSSR count). The second-order valence-electron chi connectivity index (χ2n) is 7.95. The Morgan fingerprint density at radius 1 is 1.06 bits per heavy atom. The van der Waals surface area contributed by atoms with Gasteiger partial charge >= 0.3 is 0 Å². The van der Waals surface area contributed by atoms with E-state index < -0.39 is 11.6 Å². The Morgan fingerprint density at radius 2 is 1.86 bits per heavy atom. The van der Waals surface area contributed by atoms with Crippen LogP contribution in [-0.4, -0.2) is 26.6 Å². The first kappa shape index (κ1) is 22.3. The number of aryl methyl sites for hydroxylation is 1. The molecule has 9 heteroatoms. The largest absolute Gasteiger partial charge is 0.494 e. The van der Waals surface area contributed by atoms with Crippen molar-refractivity contribution in [1.82, 2.24) is 19.5 Å². The molecule has 0 aliphatic rings. The standard InChI is InChI=1S/C26H21F2N5O2/c1-16-12-21(35-2)24(28)25(23(16)27)32(14-22-29-10-11-30-22)18-8-9-20-19(13-18)26(34)33(15-31-20)17-6-4-3-5-7-17/h3-13,15H,14H2,1-2H3,(H,29,30). The normalized spacial score (nSPS) is 11.1. The van der Waals surface area contributed by atoms with Crippen LogP contribution in [-0.2, 0) is 6.54 Å². The van der Waals surface area contributed by atoms with Crippen LogP contribution in [0.2, 0.25) is 0 Å². The Balaban J connectivity index is 1.72. The van der Waals surface area contributed by atoms with Crippen molar-refractivity contribution in [1.29, 1.82) is 0 Å². The molecule has 0 amide bonds. The molecule has 2 heterocycles. The average Bonchev–Trinajstić information content (AvgIpc) is 3.40. The van der Waals surface area contributed by atoms with Crippen LogP contribution in [0.3, 0.4) is 0 Å². The highest BCUT2D eigenvalue weighted by atomic mass is 19.1. The Kier molecular flexibility index (Phi) is 5.74. The Labute approximate surface area is 199 Å². The van der Waals surface area contributed by atoms with Gasteiger partial charge in [-0.05, 0) is 48.9 Å². The van der Waals surface area contributed by atoms with E-state index in [9.17, 15) is 4.79 Å². The fourth-order valence-electron chi connectivity index (χ4n) is 3.99. The first-order valence-corrected chi connectivity index (χ1v) is 10.8. The molecule has 0 bridgehead atoms. The molecule has 2 aromatic heterocycles. The third-order valence-corrected chi connectivity index (χ3v) is 5.77. The maximum absolute atomic E-state index is 15.4. The van der Waals surface area contributed by atoms with Gasteiger partial charge in [0.25, 0.3) is 5.56 Å². The predicted octanol–water partition coefficient (Wildman–Crippen LogP) is 5.04. The summed E-state index contributed by atoms with van der Waals surface area (Å²) in [6, 6.07) is 15.3. The number of aromatic amines is 1.